The number of ketones is 1. The van der Waals surface area contributed by atoms with Gasteiger partial charge in [-0.3, -0.25) is 4.79 Å². The van der Waals surface area contributed by atoms with Gasteiger partial charge in [-0.1, -0.05) is 6.07 Å². The zero-order valence-corrected chi connectivity index (χ0v) is 30.3. The van der Waals surface area contributed by atoms with Gasteiger partial charge in [0, 0.05) is 18.1 Å². The minimum atomic E-state index is -1.80. The lowest BCUT2D eigenvalue weighted by atomic mass is 9.89. The predicted molar refractivity (Wildman–Crippen MR) is 183 cm³/mol. The van der Waals surface area contributed by atoms with Crippen molar-refractivity contribution in [2.75, 3.05) is 33.5 Å². The zero-order valence-electron chi connectivity index (χ0n) is 30.3. The summed E-state index contributed by atoms with van der Waals surface area (Å²) in [6.45, 7) is -0.525. The van der Waals surface area contributed by atoms with Crippen LogP contribution in [0.2, 0.25) is 0 Å². The second-order valence-corrected chi connectivity index (χ2v) is 14.2. The predicted octanol–water partition coefficient (Wildman–Crippen LogP) is -3.04. The molecule has 0 amide bonds. The van der Waals surface area contributed by atoms with E-state index in [0.29, 0.717) is 5.56 Å². The highest BCUT2D eigenvalue weighted by Crippen LogP contribution is 2.44. The highest BCUT2D eigenvalue weighted by Gasteiger charge is 2.49. The quantitative estimate of drug-likeness (QED) is 0.102. The lowest BCUT2D eigenvalue weighted by Gasteiger charge is -2.44. The maximum absolute atomic E-state index is 13.1. The zero-order chi connectivity index (χ0) is 40.6. The molecule has 16 atom stereocenters. The largest absolute Gasteiger partial charge is 0.507 e. The fraction of sp³-hybridized carbons (Fsp3) is 0.639. The first-order valence-electron chi connectivity index (χ1n) is 17.9. The third kappa shape index (κ3) is 8.54. The number of carbonyl (C=O) groups excluding carboxylic acids is 1. The Balaban J connectivity index is 1.19. The van der Waals surface area contributed by atoms with E-state index in [1.54, 1.807) is 6.07 Å². The van der Waals surface area contributed by atoms with Crippen LogP contribution in [0.4, 0.5) is 0 Å². The van der Waals surface area contributed by atoms with Gasteiger partial charge < -0.3 is 94.1 Å². The molecule has 0 aromatic heterocycles. The molecule has 0 saturated carbocycles. The summed E-state index contributed by atoms with van der Waals surface area (Å²) >= 11 is 0. The van der Waals surface area contributed by atoms with Crippen LogP contribution in [0.1, 0.15) is 35.4 Å². The number of hydrogen-bond donors (Lipinski definition) is 11. The first-order chi connectivity index (χ1) is 26.6. The van der Waals surface area contributed by atoms with Crippen molar-refractivity contribution in [2.24, 2.45) is 5.92 Å². The molecule has 4 aliphatic heterocycles. The smallest absolute Gasteiger partial charge is 0.229 e. The van der Waals surface area contributed by atoms with Gasteiger partial charge in [0.1, 0.15) is 83.9 Å². The fourth-order valence-electron chi connectivity index (χ4n) is 7.14. The number of phenols is 2. The van der Waals surface area contributed by atoms with Gasteiger partial charge in [0.25, 0.3) is 0 Å². The van der Waals surface area contributed by atoms with Crippen molar-refractivity contribution in [2.45, 2.75) is 105 Å². The molecule has 11 N–H and O–H groups in total. The van der Waals surface area contributed by atoms with Gasteiger partial charge in [-0.2, -0.15) is 0 Å². The van der Waals surface area contributed by atoms with E-state index in [0.717, 1.165) is 6.07 Å². The van der Waals surface area contributed by atoms with E-state index < -0.39 is 136 Å². The Labute approximate surface area is 319 Å². The molecule has 3 saturated heterocycles. The molecule has 20 nitrogen and oxygen atoms in total. The summed E-state index contributed by atoms with van der Waals surface area (Å²) in [5.41, 5.74) is 0.306. The molecule has 0 spiro atoms. The molecule has 6 rings (SSSR count). The van der Waals surface area contributed by atoms with E-state index in [9.17, 15) is 61.0 Å². The SMILES string of the molecule is COc1ccc(C2CC(=O)c3c(O)cc(O[C@@H]4OC(CO[C@@H]5OC(C)[C@H](O)C(O)[C@@H]5O)[C@@H](COC[C@H]5OC(CO)[C@@H](O)C(O)[C@@H]5O)C(O)[C@@H]4O)cc3O2)cc1O. The Morgan fingerprint density at radius 1 is 0.714 bits per heavy atom. The van der Waals surface area contributed by atoms with Crippen LogP contribution in [-0.4, -0.2) is 181 Å². The van der Waals surface area contributed by atoms with Crippen LogP contribution < -0.4 is 14.2 Å². The molecule has 7 unspecified atom stereocenters. The average Bonchev–Trinajstić information content (AvgIpc) is 3.17. The Morgan fingerprint density at radius 3 is 2.11 bits per heavy atom. The molecular weight excluding hydrogens is 752 g/mol. The lowest BCUT2D eigenvalue weighted by molar-refractivity contribution is -0.316. The lowest BCUT2D eigenvalue weighted by Crippen LogP contribution is -2.61. The van der Waals surface area contributed by atoms with Crippen LogP contribution in [0.15, 0.2) is 30.3 Å². The summed E-state index contributed by atoms with van der Waals surface area (Å²) in [6.07, 6.45) is -21.9. The van der Waals surface area contributed by atoms with Gasteiger partial charge in [0.15, 0.2) is 23.6 Å². The van der Waals surface area contributed by atoms with Crippen molar-refractivity contribution in [3.8, 4) is 28.7 Å². The third-order valence-corrected chi connectivity index (χ3v) is 10.5. The van der Waals surface area contributed by atoms with E-state index in [-0.39, 0.29) is 35.0 Å². The number of hydrogen-bond acceptors (Lipinski definition) is 20. The molecule has 56 heavy (non-hydrogen) atoms. The number of rotatable bonds is 12. The van der Waals surface area contributed by atoms with Crippen LogP contribution in [0, 0.1) is 5.92 Å². The normalized spacial score (nSPS) is 38.7. The Bertz CT molecular complexity index is 1660. The van der Waals surface area contributed by atoms with Gasteiger partial charge in [0.2, 0.25) is 6.29 Å². The van der Waals surface area contributed by atoms with E-state index in [1.165, 1.54) is 32.2 Å². The summed E-state index contributed by atoms with van der Waals surface area (Å²) in [6, 6.07) is 6.83. The van der Waals surface area contributed by atoms with Crippen molar-refractivity contribution in [3.05, 3.63) is 41.5 Å². The molecule has 4 aliphatic rings. The van der Waals surface area contributed by atoms with Crippen LogP contribution in [-0.2, 0) is 23.7 Å². The van der Waals surface area contributed by atoms with Crippen molar-refractivity contribution in [1.29, 1.82) is 0 Å². The van der Waals surface area contributed by atoms with E-state index in [4.69, 9.17) is 37.9 Å². The topological polar surface area (TPSA) is 313 Å². The number of carbonyl (C=O) groups is 1. The fourth-order valence-corrected chi connectivity index (χ4v) is 7.14. The molecule has 2 aromatic carbocycles. The first kappa shape index (κ1) is 42.2. The minimum absolute atomic E-state index is 0.0833. The Hall–Kier alpha value is -3.45. The van der Waals surface area contributed by atoms with E-state index >= 15 is 0 Å². The minimum Gasteiger partial charge on any atom is -0.507 e. The monoisotopic (exact) mass is 800 g/mol. The summed E-state index contributed by atoms with van der Waals surface area (Å²) < 4.78 is 45.5. The number of fused-ring (bicyclic) bond motifs is 1. The first-order valence-corrected chi connectivity index (χ1v) is 17.9. The molecule has 20 heteroatoms. The van der Waals surface area contributed by atoms with Gasteiger partial charge in [0.05, 0.1) is 58.3 Å². The number of aromatic hydroxyl groups is 2. The maximum atomic E-state index is 13.1. The second-order valence-electron chi connectivity index (χ2n) is 14.2. The number of Topliss-reactive ketones (excluding diaryl/α,β-unsaturated/α-hetero) is 1. The highest BCUT2D eigenvalue weighted by molar-refractivity contribution is 6.02. The molecule has 0 radical (unpaired) electrons. The van der Waals surface area contributed by atoms with E-state index in [1.807, 2.05) is 0 Å². The van der Waals surface area contributed by atoms with Crippen molar-refractivity contribution in [3.63, 3.8) is 0 Å². The summed E-state index contributed by atoms with van der Waals surface area (Å²) in [5.74, 6) is -2.33. The summed E-state index contributed by atoms with van der Waals surface area (Å²) in [5, 5.41) is 115. The number of aliphatic hydroxyl groups excluding tert-OH is 9. The molecule has 0 bridgehead atoms. The molecule has 312 valence electrons. The highest BCUT2D eigenvalue weighted by atomic mass is 16.7. The molecule has 2 aromatic rings. The van der Waals surface area contributed by atoms with E-state index in [2.05, 4.69) is 0 Å². The number of benzene rings is 2. The maximum Gasteiger partial charge on any atom is 0.229 e. The Kier molecular flexibility index (Phi) is 13.2. The van der Waals surface area contributed by atoms with Crippen molar-refractivity contribution in [1.82, 2.24) is 0 Å². The number of ether oxygens (including phenoxy) is 8. The number of phenolic OH excluding ortho intramolecular Hbond substituents is 2. The standard InChI is InChI=1S/C36H48O20/c1-13-27(41)31(45)34(48)35(52-13)51-12-24-16(10-50-11-25-30(44)32(46)29(43)23(9-37)55-25)28(42)33(47)36(56-24)53-15-6-18(39)26-19(40)8-21(54-22(26)7-15)14-3-4-20(49-2)17(38)5-14/h3-7,13,16,21,23-25,27-39,41-48H,8-12H2,1-2H3/t13?,16-,21?,23?,24?,25-,27+,28?,29-,30-,31?,32?,33+,34+,35-,36-/m1/s1. The van der Waals surface area contributed by atoms with Crippen LogP contribution in [0.5, 0.6) is 28.7 Å². The van der Waals surface area contributed by atoms with Gasteiger partial charge in [-0.05, 0) is 24.6 Å². The van der Waals surface area contributed by atoms with Gasteiger partial charge in [-0.15, -0.1) is 0 Å². The molecular formula is C36H48O20. The Morgan fingerprint density at radius 2 is 1.41 bits per heavy atom. The number of methoxy groups -OCH3 is 1. The number of aliphatic hydroxyl groups is 9. The third-order valence-electron chi connectivity index (χ3n) is 10.5. The van der Waals surface area contributed by atoms with Gasteiger partial charge in [-0.25, -0.2) is 0 Å². The van der Waals surface area contributed by atoms with Crippen LogP contribution in [0.25, 0.3) is 0 Å². The van der Waals surface area contributed by atoms with Crippen molar-refractivity contribution < 1.29 is 98.9 Å². The average molecular weight is 801 g/mol. The molecule has 4 heterocycles. The summed E-state index contributed by atoms with van der Waals surface area (Å²) in [7, 11) is 1.38. The second kappa shape index (κ2) is 17.6. The van der Waals surface area contributed by atoms with Crippen LogP contribution in [0.3, 0.4) is 0 Å². The molecule has 0 aliphatic carbocycles. The molecule has 3 fully saturated rings. The van der Waals surface area contributed by atoms with Crippen molar-refractivity contribution >= 4 is 5.78 Å². The summed E-state index contributed by atoms with van der Waals surface area (Å²) in [4.78, 5) is 13.1. The van der Waals surface area contributed by atoms with Crippen LogP contribution >= 0.6 is 0 Å². The van der Waals surface area contributed by atoms with Gasteiger partial charge >= 0.3 is 0 Å².